The van der Waals surface area contributed by atoms with Gasteiger partial charge in [0.15, 0.2) is 0 Å². The van der Waals surface area contributed by atoms with Gasteiger partial charge in [-0.1, -0.05) is 19.3 Å². The molecule has 4 bridgehead atoms. The van der Waals surface area contributed by atoms with Gasteiger partial charge in [-0.2, -0.15) is 0 Å². The van der Waals surface area contributed by atoms with Crippen LogP contribution in [0.25, 0.3) is 0 Å². The van der Waals surface area contributed by atoms with Crippen LogP contribution in [0.4, 0.5) is 0 Å². The second kappa shape index (κ2) is 3.73. The van der Waals surface area contributed by atoms with Crippen LogP contribution in [0.5, 0.6) is 0 Å². The standard InChI is InChI=1S/C16H27N/c17-15(7-11-2-1-3-11)16-8-12-4-13(9-16)6-14(5-12)10-16/h11-15H,1-10,17H2. The summed E-state index contributed by atoms with van der Waals surface area (Å²) < 4.78 is 0. The molecule has 5 aliphatic carbocycles. The van der Waals surface area contributed by atoms with Crippen LogP contribution in [0.15, 0.2) is 0 Å². The van der Waals surface area contributed by atoms with Gasteiger partial charge in [-0.25, -0.2) is 0 Å². The van der Waals surface area contributed by atoms with E-state index in [1.54, 1.807) is 19.3 Å². The molecular weight excluding hydrogens is 206 g/mol. The third-order valence-corrected chi connectivity index (χ3v) is 6.68. The van der Waals surface area contributed by atoms with Gasteiger partial charge in [-0.15, -0.1) is 0 Å². The lowest BCUT2D eigenvalue weighted by Crippen LogP contribution is -2.55. The van der Waals surface area contributed by atoms with Crippen molar-refractivity contribution in [3.63, 3.8) is 0 Å². The minimum atomic E-state index is 0.543. The summed E-state index contributed by atoms with van der Waals surface area (Å²) in [6.07, 6.45) is 14.9. The predicted octanol–water partition coefficient (Wildman–Crippen LogP) is 3.72. The summed E-state index contributed by atoms with van der Waals surface area (Å²) >= 11 is 0. The van der Waals surface area contributed by atoms with Crippen molar-refractivity contribution >= 4 is 0 Å². The maximum absolute atomic E-state index is 6.68. The highest BCUT2D eigenvalue weighted by Gasteiger charge is 2.53. The first-order valence-corrected chi connectivity index (χ1v) is 7.99. The Morgan fingerprint density at radius 3 is 1.88 bits per heavy atom. The van der Waals surface area contributed by atoms with E-state index >= 15 is 0 Å². The quantitative estimate of drug-likeness (QED) is 0.790. The van der Waals surface area contributed by atoms with Crippen LogP contribution in [0.2, 0.25) is 0 Å². The molecule has 0 saturated heterocycles. The Labute approximate surface area is 106 Å². The first-order valence-electron chi connectivity index (χ1n) is 7.99. The molecule has 5 saturated carbocycles. The summed E-state index contributed by atoms with van der Waals surface area (Å²) in [5.41, 5.74) is 7.28. The number of hydrogen-bond acceptors (Lipinski definition) is 1. The molecule has 2 N–H and O–H groups in total. The van der Waals surface area contributed by atoms with Crippen molar-refractivity contribution in [2.24, 2.45) is 34.8 Å². The SMILES string of the molecule is NC(CC1CCC1)C12CC3CC(CC(C3)C1)C2. The van der Waals surface area contributed by atoms with Crippen LogP contribution in [0.3, 0.4) is 0 Å². The third kappa shape index (κ3) is 1.69. The lowest BCUT2D eigenvalue weighted by molar-refractivity contribution is -0.0719. The first kappa shape index (κ1) is 10.8. The van der Waals surface area contributed by atoms with Crippen molar-refractivity contribution in [3.8, 4) is 0 Å². The topological polar surface area (TPSA) is 26.0 Å². The molecule has 5 rings (SSSR count). The van der Waals surface area contributed by atoms with Crippen molar-refractivity contribution < 1.29 is 0 Å². The molecule has 1 atom stereocenters. The Morgan fingerprint density at radius 1 is 0.941 bits per heavy atom. The van der Waals surface area contributed by atoms with Gasteiger partial charge in [0.2, 0.25) is 0 Å². The van der Waals surface area contributed by atoms with Crippen LogP contribution >= 0.6 is 0 Å². The molecule has 0 aliphatic heterocycles. The second-order valence-electron chi connectivity index (χ2n) is 7.92. The Bertz CT molecular complexity index is 269. The van der Waals surface area contributed by atoms with E-state index < -0.39 is 0 Å². The summed E-state index contributed by atoms with van der Waals surface area (Å²) in [5.74, 6) is 4.19. The lowest BCUT2D eigenvalue weighted by Gasteiger charge is -2.59. The molecule has 17 heavy (non-hydrogen) atoms. The van der Waals surface area contributed by atoms with Crippen molar-refractivity contribution in [2.45, 2.75) is 70.3 Å². The molecule has 0 heterocycles. The maximum atomic E-state index is 6.68. The fourth-order valence-corrected chi connectivity index (χ4v) is 5.97. The van der Waals surface area contributed by atoms with Gasteiger partial charge in [0, 0.05) is 6.04 Å². The molecule has 96 valence electrons. The van der Waals surface area contributed by atoms with Crippen LogP contribution in [0, 0.1) is 29.1 Å². The highest BCUT2D eigenvalue weighted by atomic mass is 14.7. The lowest BCUT2D eigenvalue weighted by atomic mass is 9.47. The van der Waals surface area contributed by atoms with Gasteiger partial charge >= 0.3 is 0 Å². The number of nitrogens with two attached hydrogens (primary N) is 1. The van der Waals surface area contributed by atoms with Crippen LogP contribution in [-0.4, -0.2) is 6.04 Å². The largest absolute Gasteiger partial charge is 0.327 e. The van der Waals surface area contributed by atoms with Gasteiger partial charge in [0.1, 0.15) is 0 Å². The molecule has 1 nitrogen and oxygen atoms in total. The van der Waals surface area contributed by atoms with E-state index in [2.05, 4.69) is 0 Å². The zero-order chi connectivity index (χ0) is 11.5. The van der Waals surface area contributed by atoms with Gasteiger partial charge in [-0.3, -0.25) is 0 Å². The smallest absolute Gasteiger partial charge is 0.00985 e. The number of rotatable bonds is 3. The van der Waals surface area contributed by atoms with E-state index in [9.17, 15) is 0 Å². The van der Waals surface area contributed by atoms with E-state index in [-0.39, 0.29) is 0 Å². The molecule has 0 aromatic heterocycles. The van der Waals surface area contributed by atoms with Gasteiger partial charge in [0.05, 0.1) is 0 Å². The highest BCUT2D eigenvalue weighted by molar-refractivity contribution is 5.05. The zero-order valence-corrected chi connectivity index (χ0v) is 11.0. The van der Waals surface area contributed by atoms with E-state index in [0.717, 1.165) is 23.7 Å². The average Bonchev–Trinajstić information content (AvgIpc) is 2.21. The van der Waals surface area contributed by atoms with Gasteiger partial charge < -0.3 is 5.73 Å². The third-order valence-electron chi connectivity index (χ3n) is 6.68. The van der Waals surface area contributed by atoms with E-state index in [1.807, 2.05) is 0 Å². The molecule has 1 heteroatoms. The first-order chi connectivity index (χ1) is 8.23. The van der Waals surface area contributed by atoms with Gasteiger partial charge in [-0.05, 0) is 74.0 Å². The molecule has 0 aromatic carbocycles. The number of hydrogen-bond donors (Lipinski definition) is 1. The van der Waals surface area contributed by atoms with Crippen molar-refractivity contribution in [1.29, 1.82) is 0 Å². The molecule has 0 amide bonds. The summed E-state index contributed by atoms with van der Waals surface area (Å²) in [5, 5.41) is 0. The molecule has 1 unspecified atom stereocenters. The monoisotopic (exact) mass is 233 g/mol. The average molecular weight is 233 g/mol. The van der Waals surface area contributed by atoms with Gasteiger partial charge in [0.25, 0.3) is 0 Å². The van der Waals surface area contributed by atoms with Crippen molar-refractivity contribution in [2.75, 3.05) is 0 Å². The fourth-order valence-electron chi connectivity index (χ4n) is 5.97. The zero-order valence-electron chi connectivity index (χ0n) is 11.0. The summed E-state index contributed by atoms with van der Waals surface area (Å²) in [7, 11) is 0. The molecule has 5 fully saturated rings. The van der Waals surface area contributed by atoms with Crippen LogP contribution in [-0.2, 0) is 0 Å². The van der Waals surface area contributed by atoms with E-state index in [0.29, 0.717) is 11.5 Å². The molecule has 5 aliphatic rings. The Kier molecular flexibility index (Phi) is 2.38. The van der Waals surface area contributed by atoms with Crippen molar-refractivity contribution in [3.05, 3.63) is 0 Å². The minimum Gasteiger partial charge on any atom is -0.327 e. The van der Waals surface area contributed by atoms with Crippen LogP contribution in [0.1, 0.15) is 64.2 Å². The maximum Gasteiger partial charge on any atom is 0.00985 e. The van der Waals surface area contributed by atoms with E-state index in [1.165, 1.54) is 44.9 Å². The van der Waals surface area contributed by atoms with Crippen molar-refractivity contribution in [1.82, 2.24) is 0 Å². The Balaban J connectivity index is 1.51. The van der Waals surface area contributed by atoms with E-state index in [4.69, 9.17) is 5.73 Å². The second-order valence-corrected chi connectivity index (χ2v) is 7.92. The fraction of sp³-hybridized carbons (Fsp3) is 1.00. The molecular formula is C16H27N. The molecule has 0 radical (unpaired) electrons. The van der Waals surface area contributed by atoms with Crippen LogP contribution < -0.4 is 5.73 Å². The molecule has 0 spiro atoms. The minimum absolute atomic E-state index is 0.543. The predicted molar refractivity (Wildman–Crippen MR) is 70.5 cm³/mol. The Morgan fingerprint density at radius 2 is 1.47 bits per heavy atom. The Hall–Kier alpha value is -0.0400. The summed E-state index contributed by atoms with van der Waals surface area (Å²) in [6.45, 7) is 0. The molecule has 0 aromatic rings. The normalized spacial score (nSPS) is 50.3. The summed E-state index contributed by atoms with van der Waals surface area (Å²) in [4.78, 5) is 0. The summed E-state index contributed by atoms with van der Waals surface area (Å²) in [6, 6.07) is 0.543. The highest BCUT2D eigenvalue weighted by Crippen LogP contribution is 2.61.